The summed E-state index contributed by atoms with van der Waals surface area (Å²) in [6, 6.07) is 12.4. The molecule has 0 aliphatic rings. The van der Waals surface area contributed by atoms with Gasteiger partial charge in [-0.25, -0.2) is 0 Å². The van der Waals surface area contributed by atoms with Crippen molar-refractivity contribution in [1.82, 2.24) is 0 Å². The van der Waals surface area contributed by atoms with Crippen molar-refractivity contribution in [2.75, 3.05) is 18.9 Å². The van der Waals surface area contributed by atoms with E-state index < -0.39 is 0 Å². The molecule has 0 heterocycles. The molecule has 122 valence electrons. The van der Waals surface area contributed by atoms with Crippen LogP contribution in [0.3, 0.4) is 0 Å². The number of benzene rings is 2. The van der Waals surface area contributed by atoms with Crippen LogP contribution in [0.15, 0.2) is 42.5 Å². The standard InChI is InChI=1S/C19H23NO3/c1-3-11-22-14-9-10-18(23-12-4-2)16(13-14)19(21)15-7-5-6-8-17(15)20/h5-10,13H,3-4,11-12,20H2,1-2H3. The first kappa shape index (κ1) is 16.9. The molecule has 2 N–H and O–H groups in total. The average molecular weight is 313 g/mol. The molecule has 0 amide bonds. The number of anilines is 1. The van der Waals surface area contributed by atoms with Crippen LogP contribution in [0.4, 0.5) is 5.69 Å². The number of rotatable bonds is 8. The average Bonchev–Trinajstić information content (AvgIpc) is 2.58. The number of ketones is 1. The lowest BCUT2D eigenvalue weighted by Gasteiger charge is -2.13. The number of ether oxygens (including phenoxy) is 2. The lowest BCUT2D eigenvalue weighted by Crippen LogP contribution is -2.09. The molecule has 0 bridgehead atoms. The van der Waals surface area contributed by atoms with E-state index in [-0.39, 0.29) is 5.78 Å². The molecule has 0 saturated heterocycles. The van der Waals surface area contributed by atoms with Gasteiger partial charge in [-0.2, -0.15) is 0 Å². The van der Waals surface area contributed by atoms with Crippen molar-refractivity contribution < 1.29 is 14.3 Å². The van der Waals surface area contributed by atoms with E-state index in [0.717, 1.165) is 12.8 Å². The fraction of sp³-hybridized carbons (Fsp3) is 0.316. The molecule has 0 atom stereocenters. The molecule has 0 unspecified atom stereocenters. The van der Waals surface area contributed by atoms with Gasteiger partial charge in [0.25, 0.3) is 0 Å². The third kappa shape index (κ3) is 4.25. The summed E-state index contributed by atoms with van der Waals surface area (Å²) >= 11 is 0. The topological polar surface area (TPSA) is 61.5 Å². The molecule has 23 heavy (non-hydrogen) atoms. The second-order valence-corrected chi connectivity index (χ2v) is 5.27. The summed E-state index contributed by atoms with van der Waals surface area (Å²) < 4.78 is 11.3. The Morgan fingerprint density at radius 1 is 0.957 bits per heavy atom. The Morgan fingerprint density at radius 3 is 2.35 bits per heavy atom. The minimum absolute atomic E-state index is 0.156. The first-order valence-electron chi connectivity index (χ1n) is 7.96. The van der Waals surface area contributed by atoms with Gasteiger partial charge in [0, 0.05) is 11.3 Å². The molecule has 4 heteroatoms. The van der Waals surface area contributed by atoms with Gasteiger partial charge in [0.05, 0.1) is 18.8 Å². The molecule has 0 radical (unpaired) electrons. The monoisotopic (exact) mass is 313 g/mol. The maximum atomic E-state index is 12.9. The van der Waals surface area contributed by atoms with Crippen molar-refractivity contribution in [2.24, 2.45) is 0 Å². The minimum Gasteiger partial charge on any atom is -0.494 e. The van der Waals surface area contributed by atoms with Crippen molar-refractivity contribution in [2.45, 2.75) is 26.7 Å². The number of hydrogen-bond acceptors (Lipinski definition) is 4. The predicted octanol–water partition coefficient (Wildman–Crippen LogP) is 4.08. The van der Waals surface area contributed by atoms with Crippen LogP contribution >= 0.6 is 0 Å². The van der Waals surface area contributed by atoms with E-state index in [2.05, 4.69) is 0 Å². The Labute approximate surface area is 137 Å². The fourth-order valence-electron chi connectivity index (χ4n) is 2.18. The zero-order valence-electron chi connectivity index (χ0n) is 13.7. The Morgan fingerprint density at radius 2 is 1.65 bits per heavy atom. The Bertz CT molecular complexity index is 667. The summed E-state index contributed by atoms with van der Waals surface area (Å²) in [5.41, 5.74) is 7.34. The number of hydrogen-bond donors (Lipinski definition) is 1. The van der Waals surface area contributed by atoms with Crippen molar-refractivity contribution in [1.29, 1.82) is 0 Å². The van der Waals surface area contributed by atoms with Crippen LogP contribution in [0.5, 0.6) is 11.5 Å². The van der Waals surface area contributed by atoms with E-state index in [0.29, 0.717) is 41.5 Å². The smallest absolute Gasteiger partial charge is 0.198 e. The summed E-state index contributed by atoms with van der Waals surface area (Å²) in [5.74, 6) is 1.06. The number of para-hydroxylation sites is 1. The van der Waals surface area contributed by atoms with Crippen LogP contribution in [0, 0.1) is 0 Å². The van der Waals surface area contributed by atoms with Crippen molar-refractivity contribution >= 4 is 11.5 Å². The summed E-state index contributed by atoms with van der Waals surface area (Å²) in [5, 5.41) is 0. The van der Waals surface area contributed by atoms with Crippen molar-refractivity contribution in [3.8, 4) is 11.5 Å². The summed E-state index contributed by atoms with van der Waals surface area (Å²) in [7, 11) is 0. The molecule has 2 aromatic rings. The second-order valence-electron chi connectivity index (χ2n) is 5.27. The molecule has 2 aromatic carbocycles. The molecule has 2 rings (SSSR count). The highest BCUT2D eigenvalue weighted by Gasteiger charge is 2.18. The molecule has 0 aromatic heterocycles. The SMILES string of the molecule is CCCOc1ccc(OCCC)c(C(=O)c2ccccc2N)c1. The van der Waals surface area contributed by atoms with Crippen LogP contribution in [0.25, 0.3) is 0 Å². The Hall–Kier alpha value is -2.49. The highest BCUT2D eigenvalue weighted by molar-refractivity contribution is 6.13. The largest absolute Gasteiger partial charge is 0.494 e. The zero-order chi connectivity index (χ0) is 16.7. The summed E-state index contributed by atoms with van der Waals surface area (Å²) in [6.07, 6.45) is 1.78. The van der Waals surface area contributed by atoms with Crippen molar-refractivity contribution in [3.63, 3.8) is 0 Å². The zero-order valence-corrected chi connectivity index (χ0v) is 13.7. The van der Waals surface area contributed by atoms with E-state index in [9.17, 15) is 4.79 Å². The van der Waals surface area contributed by atoms with E-state index in [1.54, 1.807) is 36.4 Å². The lowest BCUT2D eigenvalue weighted by molar-refractivity contribution is 0.103. The normalized spacial score (nSPS) is 10.3. The maximum Gasteiger partial charge on any atom is 0.198 e. The van der Waals surface area contributed by atoms with Gasteiger partial charge in [-0.3, -0.25) is 4.79 Å². The van der Waals surface area contributed by atoms with Crippen LogP contribution < -0.4 is 15.2 Å². The quantitative estimate of drug-likeness (QED) is 0.589. The van der Waals surface area contributed by atoms with Crippen LogP contribution in [0.2, 0.25) is 0 Å². The highest BCUT2D eigenvalue weighted by atomic mass is 16.5. The third-order valence-corrected chi connectivity index (χ3v) is 3.34. The summed E-state index contributed by atoms with van der Waals surface area (Å²) in [6.45, 7) is 5.22. The van der Waals surface area contributed by atoms with Gasteiger partial charge in [-0.15, -0.1) is 0 Å². The molecule has 0 spiro atoms. The molecule has 0 fully saturated rings. The molecule has 0 aliphatic heterocycles. The van der Waals surface area contributed by atoms with Gasteiger partial charge in [-0.1, -0.05) is 26.0 Å². The van der Waals surface area contributed by atoms with Gasteiger partial charge < -0.3 is 15.2 Å². The first-order valence-corrected chi connectivity index (χ1v) is 7.96. The third-order valence-electron chi connectivity index (χ3n) is 3.34. The fourth-order valence-corrected chi connectivity index (χ4v) is 2.18. The highest BCUT2D eigenvalue weighted by Crippen LogP contribution is 2.28. The van der Waals surface area contributed by atoms with Crippen LogP contribution in [-0.4, -0.2) is 19.0 Å². The van der Waals surface area contributed by atoms with Gasteiger partial charge in [0.1, 0.15) is 11.5 Å². The number of nitrogen functional groups attached to an aromatic ring is 1. The van der Waals surface area contributed by atoms with Gasteiger partial charge in [-0.05, 0) is 43.2 Å². The molecule has 0 saturated carbocycles. The molecular formula is C19H23NO3. The molecule has 4 nitrogen and oxygen atoms in total. The number of carbonyl (C=O) groups excluding carboxylic acids is 1. The van der Waals surface area contributed by atoms with Gasteiger partial charge in [0.2, 0.25) is 0 Å². The van der Waals surface area contributed by atoms with E-state index >= 15 is 0 Å². The Kier molecular flexibility index (Phi) is 6.03. The van der Waals surface area contributed by atoms with Crippen LogP contribution in [-0.2, 0) is 0 Å². The Balaban J connectivity index is 2.39. The number of nitrogens with two attached hydrogens (primary N) is 1. The minimum atomic E-state index is -0.156. The lowest BCUT2D eigenvalue weighted by atomic mass is 10.0. The van der Waals surface area contributed by atoms with Gasteiger partial charge >= 0.3 is 0 Å². The summed E-state index contributed by atoms with van der Waals surface area (Å²) in [4.78, 5) is 12.9. The second kappa shape index (κ2) is 8.22. The number of carbonyl (C=O) groups is 1. The van der Waals surface area contributed by atoms with Gasteiger partial charge in [0.15, 0.2) is 5.78 Å². The van der Waals surface area contributed by atoms with E-state index in [4.69, 9.17) is 15.2 Å². The molecule has 0 aliphatic carbocycles. The molecular weight excluding hydrogens is 290 g/mol. The van der Waals surface area contributed by atoms with E-state index in [1.807, 2.05) is 19.9 Å². The predicted molar refractivity (Wildman–Crippen MR) is 92.3 cm³/mol. The maximum absolute atomic E-state index is 12.9. The van der Waals surface area contributed by atoms with E-state index in [1.165, 1.54) is 0 Å². The van der Waals surface area contributed by atoms with Crippen molar-refractivity contribution in [3.05, 3.63) is 53.6 Å². The first-order chi connectivity index (χ1) is 11.2. The van der Waals surface area contributed by atoms with Crippen LogP contribution in [0.1, 0.15) is 42.6 Å².